The standard InChI is InChI=1S/C17H18BrF2N/c1-10-4-5-12(6-11(10)2)7-17(21-3)13-8-16(20)14(18)9-15(13)19/h4-6,8-9,17,21H,7H2,1-3H3. The molecule has 2 aromatic rings. The average molecular weight is 354 g/mol. The van der Waals surface area contributed by atoms with E-state index in [0.717, 1.165) is 5.56 Å². The van der Waals surface area contributed by atoms with Crippen LogP contribution in [0.4, 0.5) is 8.78 Å². The maximum Gasteiger partial charge on any atom is 0.137 e. The van der Waals surface area contributed by atoms with E-state index < -0.39 is 11.6 Å². The maximum absolute atomic E-state index is 14.1. The molecule has 0 amide bonds. The van der Waals surface area contributed by atoms with Gasteiger partial charge >= 0.3 is 0 Å². The summed E-state index contributed by atoms with van der Waals surface area (Å²) in [5.41, 5.74) is 3.86. The lowest BCUT2D eigenvalue weighted by Crippen LogP contribution is -2.20. The van der Waals surface area contributed by atoms with Gasteiger partial charge in [-0.25, -0.2) is 8.78 Å². The van der Waals surface area contributed by atoms with Gasteiger partial charge in [-0.1, -0.05) is 18.2 Å². The molecule has 0 bridgehead atoms. The second-order valence-electron chi connectivity index (χ2n) is 5.25. The van der Waals surface area contributed by atoms with E-state index in [-0.39, 0.29) is 10.5 Å². The van der Waals surface area contributed by atoms with Gasteiger partial charge in [0.15, 0.2) is 0 Å². The Morgan fingerprint density at radius 1 is 1.05 bits per heavy atom. The fourth-order valence-corrected chi connectivity index (χ4v) is 2.65. The Morgan fingerprint density at radius 2 is 1.76 bits per heavy atom. The molecule has 1 unspecified atom stereocenters. The van der Waals surface area contributed by atoms with Gasteiger partial charge in [-0.2, -0.15) is 0 Å². The molecule has 0 aliphatic rings. The van der Waals surface area contributed by atoms with Crippen LogP contribution in [-0.4, -0.2) is 7.05 Å². The van der Waals surface area contributed by atoms with Crippen LogP contribution >= 0.6 is 15.9 Å². The van der Waals surface area contributed by atoms with Crippen LogP contribution in [0.1, 0.15) is 28.3 Å². The van der Waals surface area contributed by atoms with E-state index >= 15 is 0 Å². The lowest BCUT2D eigenvalue weighted by atomic mass is 9.96. The molecular weight excluding hydrogens is 336 g/mol. The average Bonchev–Trinajstić information content (AvgIpc) is 2.44. The SMILES string of the molecule is CNC(Cc1ccc(C)c(C)c1)c1cc(F)c(Br)cc1F. The van der Waals surface area contributed by atoms with E-state index in [1.807, 2.05) is 13.0 Å². The molecule has 2 aromatic carbocycles. The zero-order valence-electron chi connectivity index (χ0n) is 12.3. The lowest BCUT2D eigenvalue weighted by Gasteiger charge is -2.18. The fraction of sp³-hybridized carbons (Fsp3) is 0.294. The number of aryl methyl sites for hydroxylation is 2. The van der Waals surface area contributed by atoms with Gasteiger partial charge in [0.2, 0.25) is 0 Å². The minimum atomic E-state index is -0.452. The molecule has 0 saturated heterocycles. The predicted octanol–water partition coefficient (Wildman–Crippen LogP) is 4.85. The van der Waals surface area contributed by atoms with Crippen LogP contribution in [0.15, 0.2) is 34.8 Å². The molecular formula is C17H18BrF2N. The Morgan fingerprint density at radius 3 is 2.38 bits per heavy atom. The summed E-state index contributed by atoms with van der Waals surface area (Å²) in [6.45, 7) is 4.10. The molecule has 0 spiro atoms. The third-order valence-electron chi connectivity index (χ3n) is 3.77. The number of rotatable bonds is 4. The highest BCUT2D eigenvalue weighted by molar-refractivity contribution is 9.10. The van der Waals surface area contributed by atoms with Gasteiger partial charge in [0.1, 0.15) is 11.6 Å². The van der Waals surface area contributed by atoms with Crippen LogP contribution in [-0.2, 0) is 6.42 Å². The van der Waals surface area contributed by atoms with Gasteiger partial charge in [-0.15, -0.1) is 0 Å². The highest BCUT2D eigenvalue weighted by Crippen LogP contribution is 2.26. The van der Waals surface area contributed by atoms with E-state index in [2.05, 4.69) is 40.3 Å². The van der Waals surface area contributed by atoms with Crippen molar-refractivity contribution in [2.45, 2.75) is 26.3 Å². The number of nitrogens with one attached hydrogen (secondary N) is 1. The third-order valence-corrected chi connectivity index (χ3v) is 4.38. The molecule has 0 aliphatic carbocycles. The van der Waals surface area contributed by atoms with Crippen molar-refractivity contribution in [2.24, 2.45) is 0 Å². The summed E-state index contributed by atoms with van der Waals surface area (Å²) in [6, 6.07) is 8.33. The number of hydrogen-bond acceptors (Lipinski definition) is 1. The van der Waals surface area contributed by atoms with Crippen LogP contribution in [0, 0.1) is 25.5 Å². The largest absolute Gasteiger partial charge is 0.313 e. The molecule has 0 saturated carbocycles. The second kappa shape index (κ2) is 6.67. The molecule has 1 N–H and O–H groups in total. The van der Waals surface area contributed by atoms with Gasteiger partial charge in [0.05, 0.1) is 4.47 Å². The molecule has 21 heavy (non-hydrogen) atoms. The molecule has 0 aliphatic heterocycles. The summed E-state index contributed by atoms with van der Waals surface area (Å²) in [7, 11) is 1.76. The van der Waals surface area contributed by atoms with Crippen molar-refractivity contribution in [1.82, 2.24) is 5.32 Å². The van der Waals surface area contributed by atoms with Crippen molar-refractivity contribution in [3.05, 3.63) is 68.7 Å². The number of halogens is 3. The fourth-order valence-electron chi connectivity index (χ4n) is 2.34. The summed E-state index contributed by atoms with van der Waals surface area (Å²) in [6.07, 6.45) is 0.607. The van der Waals surface area contributed by atoms with Crippen LogP contribution in [0.2, 0.25) is 0 Å². The first-order valence-corrected chi connectivity index (χ1v) is 7.59. The first kappa shape index (κ1) is 16.1. The second-order valence-corrected chi connectivity index (χ2v) is 6.11. The monoisotopic (exact) mass is 353 g/mol. The Kier molecular flexibility index (Phi) is 5.12. The quantitative estimate of drug-likeness (QED) is 0.775. The Labute approximate surface area is 132 Å². The van der Waals surface area contributed by atoms with Crippen LogP contribution in [0.5, 0.6) is 0 Å². The van der Waals surface area contributed by atoms with Crippen LogP contribution < -0.4 is 5.32 Å². The zero-order valence-corrected chi connectivity index (χ0v) is 13.9. The number of hydrogen-bond donors (Lipinski definition) is 1. The van der Waals surface area contributed by atoms with Gasteiger partial charge in [-0.3, -0.25) is 0 Å². The lowest BCUT2D eigenvalue weighted by molar-refractivity contribution is 0.521. The molecule has 1 nitrogen and oxygen atoms in total. The maximum atomic E-state index is 14.1. The highest BCUT2D eigenvalue weighted by atomic mass is 79.9. The van der Waals surface area contributed by atoms with Crippen molar-refractivity contribution >= 4 is 15.9 Å². The summed E-state index contributed by atoms with van der Waals surface area (Å²) in [5.74, 6) is -0.863. The van der Waals surface area contributed by atoms with E-state index in [4.69, 9.17) is 0 Å². The zero-order chi connectivity index (χ0) is 15.6. The molecule has 0 aromatic heterocycles. The van der Waals surface area contributed by atoms with Crippen LogP contribution in [0.25, 0.3) is 0 Å². The Hall–Kier alpha value is -1.26. The van der Waals surface area contributed by atoms with Crippen LogP contribution in [0.3, 0.4) is 0 Å². The van der Waals surface area contributed by atoms with E-state index in [1.54, 1.807) is 7.05 Å². The molecule has 112 valence electrons. The summed E-state index contributed by atoms with van der Waals surface area (Å²) < 4.78 is 27.9. The van der Waals surface area contributed by atoms with E-state index in [1.165, 1.54) is 23.3 Å². The van der Waals surface area contributed by atoms with Crippen molar-refractivity contribution in [3.8, 4) is 0 Å². The van der Waals surface area contributed by atoms with Crippen molar-refractivity contribution in [2.75, 3.05) is 7.05 Å². The van der Waals surface area contributed by atoms with Gasteiger partial charge in [-0.05, 0) is 72.1 Å². The van der Waals surface area contributed by atoms with E-state index in [9.17, 15) is 8.78 Å². The first-order chi connectivity index (χ1) is 9.92. The Bertz CT molecular complexity index is 655. The summed E-state index contributed by atoms with van der Waals surface area (Å²) >= 11 is 3.00. The van der Waals surface area contributed by atoms with E-state index in [0.29, 0.717) is 12.0 Å². The van der Waals surface area contributed by atoms with Crippen molar-refractivity contribution < 1.29 is 8.78 Å². The van der Waals surface area contributed by atoms with Gasteiger partial charge in [0.25, 0.3) is 0 Å². The minimum absolute atomic E-state index is 0.143. The molecule has 1 atom stereocenters. The molecule has 4 heteroatoms. The summed E-state index contributed by atoms with van der Waals surface area (Å²) in [5, 5.41) is 3.07. The third kappa shape index (κ3) is 3.69. The smallest absolute Gasteiger partial charge is 0.137 e. The minimum Gasteiger partial charge on any atom is -0.313 e. The summed E-state index contributed by atoms with van der Waals surface area (Å²) in [4.78, 5) is 0. The normalized spacial score (nSPS) is 12.5. The molecule has 0 radical (unpaired) electrons. The topological polar surface area (TPSA) is 12.0 Å². The number of benzene rings is 2. The van der Waals surface area contributed by atoms with Gasteiger partial charge in [0, 0.05) is 11.6 Å². The number of likely N-dealkylation sites (N-methyl/N-ethyl adjacent to an activating group) is 1. The van der Waals surface area contributed by atoms with Gasteiger partial charge < -0.3 is 5.32 Å². The molecule has 0 fully saturated rings. The molecule has 2 rings (SSSR count). The predicted molar refractivity (Wildman–Crippen MR) is 85.5 cm³/mol. The highest BCUT2D eigenvalue weighted by Gasteiger charge is 2.17. The molecule has 0 heterocycles. The first-order valence-electron chi connectivity index (χ1n) is 6.80. The van der Waals surface area contributed by atoms with Crippen molar-refractivity contribution in [3.63, 3.8) is 0 Å². The van der Waals surface area contributed by atoms with Crippen molar-refractivity contribution in [1.29, 1.82) is 0 Å². The Balaban J connectivity index is 2.31.